The molecule has 2 rings (SSSR count). The number of nitrogens with one attached hydrogen (secondary N) is 1. The summed E-state index contributed by atoms with van der Waals surface area (Å²) in [6.07, 6.45) is 0. The van der Waals surface area contributed by atoms with Gasteiger partial charge in [-0.25, -0.2) is 0 Å². The highest BCUT2D eigenvalue weighted by Crippen LogP contribution is 2.41. The number of hydrogen-bond acceptors (Lipinski definition) is 5. The molecule has 1 aromatic carbocycles. The van der Waals surface area contributed by atoms with Crippen LogP contribution in [0.2, 0.25) is 0 Å². The predicted molar refractivity (Wildman–Crippen MR) is 90.4 cm³/mol. The lowest BCUT2D eigenvalue weighted by molar-refractivity contribution is 0.339. The van der Waals surface area contributed by atoms with Gasteiger partial charge in [0.2, 0.25) is 0 Å². The van der Waals surface area contributed by atoms with E-state index in [1.165, 1.54) is 5.56 Å². The Bertz CT molecular complexity index is 430. The zero-order valence-corrected chi connectivity index (χ0v) is 14.0. The van der Waals surface area contributed by atoms with Crippen LogP contribution < -0.4 is 16.0 Å². The van der Waals surface area contributed by atoms with E-state index in [9.17, 15) is 0 Å². The molecule has 0 saturated carbocycles. The van der Waals surface area contributed by atoms with Gasteiger partial charge in [-0.1, -0.05) is 26.0 Å². The summed E-state index contributed by atoms with van der Waals surface area (Å²) in [4.78, 5) is 0. The number of benzene rings is 1. The first kappa shape index (κ1) is 16.0. The van der Waals surface area contributed by atoms with Crippen molar-refractivity contribution >= 4 is 23.5 Å². The van der Waals surface area contributed by atoms with Gasteiger partial charge in [-0.05, 0) is 24.6 Å². The highest BCUT2D eigenvalue weighted by Gasteiger charge is 2.31. The van der Waals surface area contributed by atoms with Crippen molar-refractivity contribution in [3.63, 3.8) is 0 Å². The molecule has 0 aliphatic carbocycles. The van der Waals surface area contributed by atoms with Crippen LogP contribution in [0.1, 0.15) is 32.4 Å². The molecule has 0 aromatic heterocycles. The Hall–Kier alpha value is -0.360. The fourth-order valence-electron chi connectivity index (χ4n) is 2.37. The van der Waals surface area contributed by atoms with Gasteiger partial charge in [-0.15, -0.1) is 0 Å². The second-order valence-electron chi connectivity index (χ2n) is 5.07. The summed E-state index contributed by atoms with van der Waals surface area (Å²) in [5.74, 6) is 7.87. The van der Waals surface area contributed by atoms with Crippen LogP contribution in [-0.2, 0) is 0 Å². The SMILES string of the molecule is CCOc1cccc(C(NN)C2CSC(C)C(C)S2)c1. The molecule has 20 heavy (non-hydrogen) atoms. The highest BCUT2D eigenvalue weighted by molar-refractivity contribution is 8.07. The van der Waals surface area contributed by atoms with Gasteiger partial charge in [0.05, 0.1) is 12.6 Å². The van der Waals surface area contributed by atoms with Crippen LogP contribution in [0.5, 0.6) is 5.75 Å². The molecule has 4 atom stereocenters. The summed E-state index contributed by atoms with van der Waals surface area (Å²) in [6, 6.07) is 8.43. The molecule has 5 heteroatoms. The first-order chi connectivity index (χ1) is 9.65. The second kappa shape index (κ2) is 7.59. The van der Waals surface area contributed by atoms with E-state index in [-0.39, 0.29) is 6.04 Å². The lowest BCUT2D eigenvalue weighted by atomic mass is 10.0. The standard InChI is InChI=1S/C15H24N2OS2/c1-4-18-13-7-5-6-12(8-13)15(17-16)14-9-19-10(2)11(3)20-14/h5-8,10-11,14-15,17H,4,9,16H2,1-3H3. The molecular formula is C15H24N2OS2. The van der Waals surface area contributed by atoms with Crippen LogP contribution in [0.15, 0.2) is 24.3 Å². The number of thioether (sulfide) groups is 2. The minimum absolute atomic E-state index is 0.169. The Morgan fingerprint density at radius 2 is 2.20 bits per heavy atom. The molecule has 0 radical (unpaired) electrons. The topological polar surface area (TPSA) is 47.3 Å². The van der Waals surface area contributed by atoms with Crippen LogP contribution in [0.4, 0.5) is 0 Å². The van der Waals surface area contributed by atoms with Crippen molar-refractivity contribution < 1.29 is 4.74 Å². The Kier molecular flexibility index (Phi) is 6.08. The summed E-state index contributed by atoms with van der Waals surface area (Å²) in [5.41, 5.74) is 4.21. The van der Waals surface area contributed by atoms with Crippen LogP contribution in [0.3, 0.4) is 0 Å². The summed E-state index contributed by atoms with van der Waals surface area (Å²) in [6.45, 7) is 7.30. The van der Waals surface area contributed by atoms with E-state index in [1.807, 2.05) is 42.6 Å². The van der Waals surface area contributed by atoms with Gasteiger partial charge in [0.25, 0.3) is 0 Å². The fraction of sp³-hybridized carbons (Fsp3) is 0.600. The van der Waals surface area contributed by atoms with Crippen molar-refractivity contribution in [1.29, 1.82) is 0 Å². The molecule has 1 saturated heterocycles. The van der Waals surface area contributed by atoms with Crippen molar-refractivity contribution in [1.82, 2.24) is 5.43 Å². The molecule has 1 heterocycles. The molecule has 1 aromatic rings. The first-order valence-corrected chi connectivity index (χ1v) is 9.10. The molecule has 112 valence electrons. The average Bonchev–Trinajstić information content (AvgIpc) is 2.44. The van der Waals surface area contributed by atoms with Crippen LogP contribution in [0, 0.1) is 0 Å². The molecule has 1 aliphatic rings. The fourth-order valence-corrected chi connectivity index (χ4v) is 5.47. The van der Waals surface area contributed by atoms with Crippen molar-refractivity contribution in [2.75, 3.05) is 12.4 Å². The van der Waals surface area contributed by atoms with Crippen LogP contribution in [-0.4, -0.2) is 28.1 Å². The third-order valence-corrected chi connectivity index (χ3v) is 7.15. The molecule has 3 N–H and O–H groups in total. The lowest BCUT2D eigenvalue weighted by Crippen LogP contribution is -2.40. The van der Waals surface area contributed by atoms with Crippen LogP contribution in [0.25, 0.3) is 0 Å². The molecule has 4 unspecified atom stereocenters. The van der Waals surface area contributed by atoms with Crippen molar-refractivity contribution in [2.24, 2.45) is 5.84 Å². The minimum Gasteiger partial charge on any atom is -0.494 e. The quantitative estimate of drug-likeness (QED) is 0.646. The Morgan fingerprint density at radius 3 is 2.85 bits per heavy atom. The number of hydrazine groups is 1. The zero-order chi connectivity index (χ0) is 14.5. The van der Waals surface area contributed by atoms with Crippen LogP contribution >= 0.6 is 23.5 Å². The molecule has 0 bridgehead atoms. The molecule has 3 nitrogen and oxygen atoms in total. The van der Waals surface area contributed by atoms with Gasteiger partial charge in [-0.3, -0.25) is 11.3 Å². The zero-order valence-electron chi connectivity index (χ0n) is 12.3. The van der Waals surface area contributed by atoms with E-state index >= 15 is 0 Å². The van der Waals surface area contributed by atoms with Gasteiger partial charge < -0.3 is 4.74 Å². The van der Waals surface area contributed by atoms with Crippen molar-refractivity contribution in [3.8, 4) is 5.75 Å². The smallest absolute Gasteiger partial charge is 0.119 e. The van der Waals surface area contributed by atoms with Crippen molar-refractivity contribution in [3.05, 3.63) is 29.8 Å². The summed E-state index contributed by atoms with van der Waals surface area (Å²) in [7, 11) is 0. The van der Waals surface area contributed by atoms with E-state index in [0.29, 0.717) is 22.4 Å². The Balaban J connectivity index is 2.13. The molecule has 1 aliphatic heterocycles. The van der Waals surface area contributed by atoms with E-state index < -0.39 is 0 Å². The van der Waals surface area contributed by atoms with Gasteiger partial charge >= 0.3 is 0 Å². The monoisotopic (exact) mass is 312 g/mol. The second-order valence-corrected chi connectivity index (χ2v) is 8.10. The van der Waals surface area contributed by atoms with E-state index in [4.69, 9.17) is 10.6 Å². The van der Waals surface area contributed by atoms with Gasteiger partial charge in [0.15, 0.2) is 0 Å². The van der Waals surface area contributed by atoms with Gasteiger partial charge in [-0.2, -0.15) is 23.5 Å². The molecular weight excluding hydrogens is 288 g/mol. The molecule has 0 amide bonds. The molecule has 1 fully saturated rings. The van der Waals surface area contributed by atoms with E-state index in [1.54, 1.807) is 0 Å². The predicted octanol–water partition coefficient (Wildman–Crippen LogP) is 3.22. The number of hydrogen-bond donors (Lipinski definition) is 2. The third-order valence-electron chi connectivity index (χ3n) is 3.65. The van der Waals surface area contributed by atoms with E-state index in [0.717, 1.165) is 11.5 Å². The Labute approximate surface area is 130 Å². The summed E-state index contributed by atoms with van der Waals surface area (Å²) < 4.78 is 5.59. The number of rotatable bonds is 5. The summed E-state index contributed by atoms with van der Waals surface area (Å²) in [5, 5.41) is 1.86. The third kappa shape index (κ3) is 3.85. The van der Waals surface area contributed by atoms with E-state index in [2.05, 4.69) is 31.4 Å². The largest absolute Gasteiger partial charge is 0.494 e. The van der Waals surface area contributed by atoms with Crippen molar-refractivity contribution in [2.45, 2.75) is 42.6 Å². The maximum atomic E-state index is 5.83. The highest BCUT2D eigenvalue weighted by atomic mass is 32.2. The summed E-state index contributed by atoms with van der Waals surface area (Å²) >= 11 is 4.08. The number of nitrogens with two attached hydrogens (primary N) is 1. The first-order valence-electron chi connectivity index (χ1n) is 7.11. The van der Waals surface area contributed by atoms with Gasteiger partial charge in [0.1, 0.15) is 5.75 Å². The molecule has 0 spiro atoms. The maximum absolute atomic E-state index is 5.83. The number of ether oxygens (including phenoxy) is 1. The maximum Gasteiger partial charge on any atom is 0.119 e. The minimum atomic E-state index is 0.169. The average molecular weight is 313 g/mol. The van der Waals surface area contributed by atoms with Gasteiger partial charge in [0, 0.05) is 21.5 Å². The Morgan fingerprint density at radius 1 is 1.40 bits per heavy atom. The normalized spacial score (nSPS) is 28.1. The lowest BCUT2D eigenvalue weighted by Gasteiger charge is -2.35.